The number of thioether (sulfide) groups is 1. The minimum Gasteiger partial charge on any atom is -0.399 e. The van der Waals surface area contributed by atoms with Crippen LogP contribution < -0.4 is 5.73 Å². The molecule has 0 saturated carbocycles. The zero-order chi connectivity index (χ0) is 11.5. The molecule has 5 heteroatoms. The van der Waals surface area contributed by atoms with Crippen molar-refractivity contribution in [2.75, 3.05) is 11.5 Å². The van der Waals surface area contributed by atoms with Crippen LogP contribution in [-0.4, -0.2) is 11.9 Å². The molecule has 2 N–H and O–H groups in total. The van der Waals surface area contributed by atoms with Gasteiger partial charge in [0, 0.05) is 16.3 Å². The number of alkyl halides is 3. The average molecular weight is 235 g/mol. The summed E-state index contributed by atoms with van der Waals surface area (Å²) in [7, 11) is 0. The van der Waals surface area contributed by atoms with Crippen LogP contribution in [0.4, 0.5) is 18.9 Å². The van der Waals surface area contributed by atoms with Crippen LogP contribution in [0.1, 0.15) is 12.0 Å². The van der Waals surface area contributed by atoms with Crippen LogP contribution in [0.2, 0.25) is 0 Å². The third-order valence-corrected chi connectivity index (χ3v) is 3.02. The van der Waals surface area contributed by atoms with Gasteiger partial charge in [-0.05, 0) is 30.7 Å². The van der Waals surface area contributed by atoms with Crippen molar-refractivity contribution in [1.29, 1.82) is 0 Å². The number of hydrogen-bond donors (Lipinski definition) is 1. The summed E-state index contributed by atoms with van der Waals surface area (Å²) in [4.78, 5) is 0.855. The molecule has 0 radical (unpaired) electrons. The molecule has 0 unspecified atom stereocenters. The van der Waals surface area contributed by atoms with Crippen molar-refractivity contribution in [2.24, 2.45) is 0 Å². The summed E-state index contributed by atoms with van der Waals surface area (Å²) < 4.78 is 35.7. The van der Waals surface area contributed by atoms with E-state index in [9.17, 15) is 13.2 Å². The van der Waals surface area contributed by atoms with Crippen LogP contribution in [0.3, 0.4) is 0 Å². The van der Waals surface area contributed by atoms with Crippen LogP contribution in [0, 0.1) is 6.92 Å². The maximum absolute atomic E-state index is 11.9. The number of anilines is 1. The highest BCUT2D eigenvalue weighted by Crippen LogP contribution is 2.28. The maximum Gasteiger partial charge on any atom is 0.389 e. The molecule has 0 aromatic heterocycles. The van der Waals surface area contributed by atoms with E-state index in [0.717, 1.165) is 10.5 Å². The lowest BCUT2D eigenvalue weighted by atomic mass is 10.2. The van der Waals surface area contributed by atoms with Gasteiger partial charge in [0.05, 0.1) is 6.42 Å². The van der Waals surface area contributed by atoms with Crippen LogP contribution in [0.15, 0.2) is 23.1 Å². The Hall–Kier alpha value is -0.840. The van der Waals surface area contributed by atoms with E-state index in [0.29, 0.717) is 5.69 Å². The Morgan fingerprint density at radius 1 is 1.33 bits per heavy atom. The number of nitrogen functional groups attached to an aromatic ring is 1. The second-order valence-corrected chi connectivity index (χ2v) is 4.38. The molecule has 0 aliphatic carbocycles. The molecule has 0 aliphatic heterocycles. The van der Waals surface area contributed by atoms with Gasteiger partial charge in [-0.2, -0.15) is 13.2 Å². The van der Waals surface area contributed by atoms with Crippen LogP contribution in [0.25, 0.3) is 0 Å². The van der Waals surface area contributed by atoms with Crippen molar-refractivity contribution in [3.63, 3.8) is 0 Å². The number of rotatable bonds is 3. The minimum atomic E-state index is -4.07. The summed E-state index contributed by atoms with van der Waals surface area (Å²) in [6.45, 7) is 1.84. The first-order valence-electron chi connectivity index (χ1n) is 4.44. The highest BCUT2D eigenvalue weighted by atomic mass is 32.2. The smallest absolute Gasteiger partial charge is 0.389 e. The highest BCUT2D eigenvalue weighted by Gasteiger charge is 2.26. The summed E-state index contributed by atoms with van der Waals surface area (Å²) >= 11 is 1.21. The largest absolute Gasteiger partial charge is 0.399 e. The van der Waals surface area contributed by atoms with E-state index in [4.69, 9.17) is 5.73 Å². The Bertz CT molecular complexity index is 336. The number of hydrogen-bond acceptors (Lipinski definition) is 2. The first-order valence-corrected chi connectivity index (χ1v) is 5.43. The van der Waals surface area contributed by atoms with E-state index < -0.39 is 12.6 Å². The van der Waals surface area contributed by atoms with Gasteiger partial charge in [0.15, 0.2) is 0 Å². The van der Waals surface area contributed by atoms with Crippen LogP contribution >= 0.6 is 11.8 Å². The second-order valence-electron chi connectivity index (χ2n) is 3.24. The molecular formula is C10H12F3NS. The first-order chi connectivity index (χ1) is 6.88. The predicted molar refractivity (Wildman–Crippen MR) is 57.0 cm³/mol. The number of aryl methyl sites for hydroxylation is 1. The minimum absolute atomic E-state index is 0.0499. The van der Waals surface area contributed by atoms with E-state index in [2.05, 4.69) is 0 Å². The zero-order valence-corrected chi connectivity index (χ0v) is 9.08. The summed E-state index contributed by atoms with van der Waals surface area (Å²) in [6.07, 6.45) is -4.84. The molecule has 0 atom stereocenters. The van der Waals surface area contributed by atoms with Gasteiger partial charge in [-0.25, -0.2) is 0 Å². The fraction of sp³-hybridized carbons (Fsp3) is 0.400. The monoisotopic (exact) mass is 235 g/mol. The third kappa shape index (κ3) is 4.46. The second kappa shape index (κ2) is 4.79. The summed E-state index contributed by atoms with van der Waals surface area (Å²) in [5, 5.41) is 0. The topological polar surface area (TPSA) is 26.0 Å². The molecule has 0 fully saturated rings. The Labute approximate surface area is 90.9 Å². The fourth-order valence-electron chi connectivity index (χ4n) is 1.11. The van der Waals surface area contributed by atoms with E-state index in [-0.39, 0.29) is 5.75 Å². The van der Waals surface area contributed by atoms with Crippen molar-refractivity contribution in [3.05, 3.63) is 23.8 Å². The SMILES string of the molecule is Cc1cc(N)ccc1SCCC(F)(F)F. The third-order valence-electron chi connectivity index (χ3n) is 1.84. The number of nitrogens with two attached hydrogens (primary N) is 1. The molecule has 1 nitrogen and oxygen atoms in total. The molecule has 84 valence electrons. The molecule has 0 saturated heterocycles. The molecule has 1 rings (SSSR count). The van der Waals surface area contributed by atoms with Crippen molar-refractivity contribution in [1.82, 2.24) is 0 Å². The summed E-state index contributed by atoms with van der Waals surface area (Å²) in [5.41, 5.74) is 7.09. The number of halogens is 3. The highest BCUT2D eigenvalue weighted by molar-refractivity contribution is 7.99. The Morgan fingerprint density at radius 2 is 2.00 bits per heavy atom. The molecule has 15 heavy (non-hydrogen) atoms. The van der Waals surface area contributed by atoms with Gasteiger partial charge >= 0.3 is 6.18 Å². The molecule has 0 spiro atoms. The number of benzene rings is 1. The Morgan fingerprint density at radius 3 is 2.53 bits per heavy atom. The van der Waals surface area contributed by atoms with Crippen LogP contribution in [-0.2, 0) is 0 Å². The molecular weight excluding hydrogens is 223 g/mol. The van der Waals surface area contributed by atoms with Gasteiger partial charge in [-0.3, -0.25) is 0 Å². The summed E-state index contributed by atoms with van der Waals surface area (Å²) in [5.74, 6) is 0.0499. The van der Waals surface area contributed by atoms with Crippen LogP contribution in [0.5, 0.6) is 0 Å². The quantitative estimate of drug-likeness (QED) is 0.639. The van der Waals surface area contributed by atoms with Gasteiger partial charge < -0.3 is 5.73 Å². The lowest BCUT2D eigenvalue weighted by molar-refractivity contribution is -0.129. The Balaban J connectivity index is 2.51. The maximum atomic E-state index is 11.9. The lowest BCUT2D eigenvalue weighted by Crippen LogP contribution is -2.08. The summed E-state index contributed by atoms with van der Waals surface area (Å²) in [6, 6.07) is 5.21. The lowest BCUT2D eigenvalue weighted by Gasteiger charge is -2.08. The molecule has 1 aromatic rings. The van der Waals surface area contributed by atoms with E-state index >= 15 is 0 Å². The average Bonchev–Trinajstić information content (AvgIpc) is 2.07. The predicted octanol–water partition coefficient (Wildman–Crippen LogP) is 3.62. The van der Waals surface area contributed by atoms with Crippen molar-refractivity contribution >= 4 is 17.4 Å². The van der Waals surface area contributed by atoms with E-state index in [1.807, 2.05) is 6.92 Å². The normalized spacial score (nSPS) is 11.7. The Kier molecular flexibility index (Phi) is 3.90. The molecule has 1 aromatic carbocycles. The van der Waals surface area contributed by atoms with Crippen molar-refractivity contribution in [3.8, 4) is 0 Å². The van der Waals surface area contributed by atoms with E-state index in [1.54, 1.807) is 18.2 Å². The van der Waals surface area contributed by atoms with Gasteiger partial charge in [0.2, 0.25) is 0 Å². The van der Waals surface area contributed by atoms with Gasteiger partial charge in [-0.1, -0.05) is 0 Å². The van der Waals surface area contributed by atoms with Crippen molar-refractivity contribution < 1.29 is 13.2 Å². The van der Waals surface area contributed by atoms with Crippen molar-refractivity contribution in [2.45, 2.75) is 24.4 Å². The van der Waals surface area contributed by atoms with Gasteiger partial charge in [0.25, 0.3) is 0 Å². The molecule has 0 amide bonds. The molecule has 0 aliphatic rings. The zero-order valence-electron chi connectivity index (χ0n) is 8.27. The standard InChI is InChI=1S/C10H12F3NS/c1-7-6-8(14)2-3-9(7)15-5-4-10(11,12)13/h2-3,6H,4-5,14H2,1H3. The first kappa shape index (κ1) is 12.2. The van der Waals surface area contributed by atoms with Gasteiger partial charge in [-0.15, -0.1) is 11.8 Å². The fourth-order valence-corrected chi connectivity index (χ4v) is 2.12. The molecule has 0 heterocycles. The molecule has 0 bridgehead atoms. The van der Waals surface area contributed by atoms with E-state index in [1.165, 1.54) is 11.8 Å². The van der Waals surface area contributed by atoms with Gasteiger partial charge in [0.1, 0.15) is 0 Å².